The van der Waals surface area contributed by atoms with E-state index in [1.165, 1.54) is 5.56 Å². The lowest BCUT2D eigenvalue weighted by atomic mass is 10.1. The maximum Gasteiger partial charge on any atom is 0.272 e. The van der Waals surface area contributed by atoms with Crippen molar-refractivity contribution in [1.29, 1.82) is 0 Å². The Morgan fingerprint density at radius 1 is 1.03 bits per heavy atom. The minimum absolute atomic E-state index is 0.00123. The molecule has 2 fully saturated rings. The van der Waals surface area contributed by atoms with Gasteiger partial charge in [-0.3, -0.25) is 4.79 Å². The molecule has 1 aromatic carbocycles. The van der Waals surface area contributed by atoms with Gasteiger partial charge < -0.3 is 19.4 Å². The quantitative estimate of drug-likeness (QED) is 0.778. The SMILES string of the molecule is Cc1cccc(OC2CCCN(C(=O)c3cccc(N4CCCN(C)CC4)n3)C2)c1. The summed E-state index contributed by atoms with van der Waals surface area (Å²) < 4.78 is 6.17. The average molecular weight is 409 g/mol. The Kier molecular flexibility index (Phi) is 6.53. The van der Waals surface area contributed by atoms with E-state index in [4.69, 9.17) is 9.72 Å². The highest BCUT2D eigenvalue weighted by Gasteiger charge is 2.27. The highest BCUT2D eigenvalue weighted by molar-refractivity contribution is 5.92. The maximum atomic E-state index is 13.2. The largest absolute Gasteiger partial charge is 0.489 e. The van der Waals surface area contributed by atoms with E-state index in [2.05, 4.69) is 29.8 Å². The number of rotatable bonds is 4. The molecule has 1 aromatic heterocycles. The van der Waals surface area contributed by atoms with E-state index in [9.17, 15) is 4.79 Å². The van der Waals surface area contributed by atoms with Crippen LogP contribution in [0.15, 0.2) is 42.5 Å². The van der Waals surface area contributed by atoms with E-state index in [0.29, 0.717) is 12.2 Å². The van der Waals surface area contributed by atoms with E-state index in [1.807, 2.05) is 41.3 Å². The molecule has 0 radical (unpaired) electrons. The molecule has 3 heterocycles. The Morgan fingerprint density at radius 3 is 2.77 bits per heavy atom. The molecule has 2 aromatic rings. The number of amides is 1. The zero-order valence-electron chi connectivity index (χ0n) is 18.1. The fraction of sp³-hybridized carbons (Fsp3) is 0.500. The van der Waals surface area contributed by atoms with Gasteiger partial charge in [-0.25, -0.2) is 4.98 Å². The Morgan fingerprint density at radius 2 is 1.90 bits per heavy atom. The molecule has 0 aliphatic carbocycles. The molecular formula is C24H32N4O2. The number of likely N-dealkylation sites (tertiary alicyclic amines) is 1. The summed E-state index contributed by atoms with van der Waals surface area (Å²) in [6.45, 7) is 7.46. The number of piperidine rings is 1. The second kappa shape index (κ2) is 9.47. The lowest BCUT2D eigenvalue weighted by molar-refractivity contribution is 0.0532. The first-order chi connectivity index (χ1) is 14.6. The predicted molar refractivity (Wildman–Crippen MR) is 119 cm³/mol. The molecular weight excluding hydrogens is 376 g/mol. The van der Waals surface area contributed by atoms with E-state index in [1.54, 1.807) is 0 Å². The zero-order chi connectivity index (χ0) is 20.9. The number of benzene rings is 1. The van der Waals surface area contributed by atoms with Crippen LogP contribution in [-0.4, -0.2) is 73.1 Å². The maximum absolute atomic E-state index is 13.2. The van der Waals surface area contributed by atoms with Crippen LogP contribution in [-0.2, 0) is 0 Å². The van der Waals surface area contributed by atoms with E-state index in [0.717, 1.165) is 63.6 Å². The Hall–Kier alpha value is -2.60. The number of aryl methyl sites for hydroxylation is 1. The average Bonchev–Trinajstić information content (AvgIpc) is 2.98. The van der Waals surface area contributed by atoms with Crippen molar-refractivity contribution in [3.63, 3.8) is 0 Å². The van der Waals surface area contributed by atoms with Crippen molar-refractivity contribution >= 4 is 11.7 Å². The normalized spacial score (nSPS) is 20.7. The molecule has 30 heavy (non-hydrogen) atoms. The van der Waals surface area contributed by atoms with Gasteiger partial charge in [-0.15, -0.1) is 0 Å². The third kappa shape index (κ3) is 5.11. The predicted octanol–water partition coefficient (Wildman–Crippen LogP) is 3.22. The second-order valence-corrected chi connectivity index (χ2v) is 8.47. The highest BCUT2D eigenvalue weighted by Crippen LogP contribution is 2.21. The van der Waals surface area contributed by atoms with Crippen molar-refractivity contribution in [1.82, 2.24) is 14.8 Å². The van der Waals surface area contributed by atoms with Gasteiger partial charge in [0.2, 0.25) is 0 Å². The molecule has 2 aliphatic rings. The minimum Gasteiger partial charge on any atom is -0.489 e. The molecule has 1 unspecified atom stereocenters. The summed E-state index contributed by atoms with van der Waals surface area (Å²) in [5.74, 6) is 1.78. The second-order valence-electron chi connectivity index (χ2n) is 8.47. The Balaban J connectivity index is 1.42. The van der Waals surface area contributed by atoms with Gasteiger partial charge in [0.15, 0.2) is 0 Å². The molecule has 160 valence electrons. The molecule has 2 aliphatic heterocycles. The first kappa shape index (κ1) is 20.7. The van der Waals surface area contributed by atoms with Crippen molar-refractivity contribution in [2.24, 2.45) is 0 Å². The third-order valence-electron chi connectivity index (χ3n) is 5.95. The lowest BCUT2D eigenvalue weighted by Crippen LogP contribution is -2.44. The molecule has 4 rings (SSSR count). The van der Waals surface area contributed by atoms with Crippen molar-refractivity contribution in [2.75, 3.05) is 51.2 Å². The number of aromatic nitrogens is 1. The molecule has 1 amide bonds. The van der Waals surface area contributed by atoms with E-state index < -0.39 is 0 Å². The van der Waals surface area contributed by atoms with Crippen LogP contribution in [0.2, 0.25) is 0 Å². The Bertz CT molecular complexity index is 872. The number of hydrogen-bond donors (Lipinski definition) is 0. The van der Waals surface area contributed by atoms with Crippen LogP contribution < -0.4 is 9.64 Å². The molecule has 0 spiro atoms. The summed E-state index contributed by atoms with van der Waals surface area (Å²) in [6, 6.07) is 13.9. The first-order valence-corrected chi connectivity index (χ1v) is 11.0. The minimum atomic E-state index is 0.00123. The summed E-state index contributed by atoms with van der Waals surface area (Å²) in [5, 5.41) is 0. The van der Waals surface area contributed by atoms with Gasteiger partial charge in [0.1, 0.15) is 23.4 Å². The summed E-state index contributed by atoms with van der Waals surface area (Å²) >= 11 is 0. The van der Waals surface area contributed by atoms with Crippen LogP contribution in [0.4, 0.5) is 5.82 Å². The van der Waals surface area contributed by atoms with Crippen molar-refractivity contribution in [3.05, 3.63) is 53.7 Å². The number of nitrogens with zero attached hydrogens (tertiary/aromatic N) is 4. The third-order valence-corrected chi connectivity index (χ3v) is 5.95. The first-order valence-electron chi connectivity index (χ1n) is 11.0. The van der Waals surface area contributed by atoms with Gasteiger partial charge in [-0.1, -0.05) is 18.2 Å². The van der Waals surface area contributed by atoms with Crippen LogP contribution in [0.5, 0.6) is 5.75 Å². The Labute approximate surface area is 179 Å². The number of hydrogen-bond acceptors (Lipinski definition) is 5. The fourth-order valence-corrected chi connectivity index (χ4v) is 4.26. The van der Waals surface area contributed by atoms with Gasteiger partial charge >= 0.3 is 0 Å². The molecule has 2 saturated heterocycles. The van der Waals surface area contributed by atoms with Crippen LogP contribution in [0.1, 0.15) is 35.3 Å². The lowest BCUT2D eigenvalue weighted by Gasteiger charge is -2.33. The number of carbonyl (C=O) groups is 1. The summed E-state index contributed by atoms with van der Waals surface area (Å²) in [6.07, 6.45) is 3.04. The fourth-order valence-electron chi connectivity index (χ4n) is 4.26. The summed E-state index contributed by atoms with van der Waals surface area (Å²) in [5.41, 5.74) is 1.71. The summed E-state index contributed by atoms with van der Waals surface area (Å²) in [7, 11) is 2.16. The summed E-state index contributed by atoms with van der Waals surface area (Å²) in [4.78, 5) is 24.5. The van der Waals surface area contributed by atoms with Gasteiger partial charge in [0.25, 0.3) is 5.91 Å². The van der Waals surface area contributed by atoms with E-state index in [-0.39, 0.29) is 12.0 Å². The van der Waals surface area contributed by atoms with Gasteiger partial charge in [0, 0.05) is 26.2 Å². The van der Waals surface area contributed by atoms with E-state index >= 15 is 0 Å². The van der Waals surface area contributed by atoms with Gasteiger partial charge in [0.05, 0.1) is 6.54 Å². The highest BCUT2D eigenvalue weighted by atomic mass is 16.5. The molecule has 6 nitrogen and oxygen atoms in total. The topological polar surface area (TPSA) is 48.9 Å². The van der Waals surface area contributed by atoms with Gasteiger partial charge in [-0.2, -0.15) is 0 Å². The number of ether oxygens (including phenoxy) is 1. The smallest absolute Gasteiger partial charge is 0.272 e. The number of anilines is 1. The monoisotopic (exact) mass is 408 g/mol. The van der Waals surface area contributed by atoms with Crippen LogP contribution in [0, 0.1) is 6.92 Å². The van der Waals surface area contributed by atoms with Gasteiger partial charge in [-0.05, 0) is 69.6 Å². The molecule has 1 atom stereocenters. The van der Waals surface area contributed by atoms with Crippen LogP contribution in [0.3, 0.4) is 0 Å². The molecule has 0 N–H and O–H groups in total. The standard InChI is InChI=1S/C24H32N4O2/c1-19-7-3-8-20(17-19)30-21-9-5-13-28(18-21)24(29)22-10-4-11-23(25-22)27-14-6-12-26(2)15-16-27/h3-4,7-8,10-11,17,21H,5-6,9,12-16,18H2,1-2H3. The van der Waals surface area contributed by atoms with Crippen molar-refractivity contribution < 1.29 is 9.53 Å². The van der Waals surface area contributed by atoms with Crippen molar-refractivity contribution in [3.8, 4) is 5.75 Å². The molecule has 0 bridgehead atoms. The number of carbonyl (C=O) groups excluding carboxylic acids is 1. The van der Waals surface area contributed by atoms with Crippen LogP contribution >= 0.6 is 0 Å². The molecule has 0 saturated carbocycles. The number of likely N-dealkylation sites (N-methyl/N-ethyl adjacent to an activating group) is 1. The number of pyridine rings is 1. The van der Waals surface area contributed by atoms with Crippen molar-refractivity contribution in [2.45, 2.75) is 32.3 Å². The molecule has 6 heteroatoms. The van der Waals surface area contributed by atoms with Crippen LogP contribution in [0.25, 0.3) is 0 Å². The zero-order valence-corrected chi connectivity index (χ0v) is 18.1.